The van der Waals surface area contributed by atoms with Crippen molar-refractivity contribution < 1.29 is 24.3 Å². The fourth-order valence-electron chi connectivity index (χ4n) is 5.19. The largest absolute Gasteiger partial charge is 0.494 e. The molecule has 0 aliphatic carbocycles. The van der Waals surface area contributed by atoms with Gasteiger partial charge in [0.1, 0.15) is 0 Å². The highest BCUT2D eigenvalue weighted by Crippen LogP contribution is 2.33. The van der Waals surface area contributed by atoms with Crippen molar-refractivity contribution in [3.05, 3.63) is 94.5 Å². The number of benzene rings is 3. The van der Waals surface area contributed by atoms with E-state index in [2.05, 4.69) is 27.3 Å². The van der Waals surface area contributed by atoms with Crippen molar-refractivity contribution in [1.29, 1.82) is 0 Å². The molecule has 1 amide bonds. The SMILES string of the molecule is COC(=O)c1cc2[nH]c(O)c(C(=Nc3ccc(C(=O)NOCCCN4CCN(C)CC4)cc3)c3ccccc3)c2cc1C. The molecule has 0 spiro atoms. The van der Waals surface area contributed by atoms with Crippen LogP contribution in [0.25, 0.3) is 10.9 Å². The normalized spacial score (nSPS) is 14.6. The van der Waals surface area contributed by atoms with Crippen LogP contribution in [0.1, 0.15) is 43.8 Å². The second-order valence-corrected chi connectivity index (χ2v) is 10.7. The summed E-state index contributed by atoms with van der Waals surface area (Å²) >= 11 is 0. The van der Waals surface area contributed by atoms with E-state index in [-0.39, 0.29) is 11.8 Å². The van der Waals surface area contributed by atoms with E-state index in [9.17, 15) is 14.7 Å². The second-order valence-electron chi connectivity index (χ2n) is 10.7. The van der Waals surface area contributed by atoms with Gasteiger partial charge in [-0.3, -0.25) is 9.63 Å². The van der Waals surface area contributed by atoms with E-state index in [0.29, 0.717) is 51.2 Å². The van der Waals surface area contributed by atoms with E-state index in [4.69, 9.17) is 14.6 Å². The van der Waals surface area contributed by atoms with Gasteiger partial charge in [-0.2, -0.15) is 0 Å². The van der Waals surface area contributed by atoms with Crippen molar-refractivity contribution in [2.45, 2.75) is 13.3 Å². The molecule has 1 fully saturated rings. The molecule has 0 atom stereocenters. The van der Waals surface area contributed by atoms with Crippen LogP contribution in [0.4, 0.5) is 5.69 Å². The summed E-state index contributed by atoms with van der Waals surface area (Å²) < 4.78 is 4.91. The number of hydrogen-bond acceptors (Lipinski definition) is 8. The highest BCUT2D eigenvalue weighted by Gasteiger charge is 2.21. The Morgan fingerprint density at radius 3 is 2.42 bits per heavy atom. The first-order valence-electron chi connectivity index (χ1n) is 14.3. The molecule has 0 bridgehead atoms. The molecule has 3 N–H and O–H groups in total. The van der Waals surface area contributed by atoms with Gasteiger partial charge in [0.25, 0.3) is 5.91 Å². The molecule has 1 saturated heterocycles. The molecule has 43 heavy (non-hydrogen) atoms. The molecule has 224 valence electrons. The van der Waals surface area contributed by atoms with Crippen LogP contribution in [-0.2, 0) is 9.57 Å². The molecule has 10 heteroatoms. The van der Waals surface area contributed by atoms with Crippen LogP contribution in [-0.4, -0.2) is 91.0 Å². The number of amides is 1. The van der Waals surface area contributed by atoms with Crippen LogP contribution in [0, 0.1) is 6.92 Å². The van der Waals surface area contributed by atoms with Crippen molar-refractivity contribution in [1.82, 2.24) is 20.3 Å². The Morgan fingerprint density at radius 2 is 1.72 bits per heavy atom. The lowest BCUT2D eigenvalue weighted by Gasteiger charge is -2.32. The Balaban J connectivity index is 1.32. The Kier molecular flexibility index (Phi) is 9.51. The van der Waals surface area contributed by atoms with Gasteiger partial charge < -0.3 is 24.6 Å². The number of hydrogen-bond donors (Lipinski definition) is 3. The number of aryl methyl sites for hydroxylation is 1. The molecule has 0 unspecified atom stereocenters. The predicted octanol–water partition coefficient (Wildman–Crippen LogP) is 4.44. The fourth-order valence-corrected chi connectivity index (χ4v) is 5.19. The van der Waals surface area contributed by atoms with Crippen LogP contribution < -0.4 is 5.48 Å². The number of rotatable bonds is 10. The maximum atomic E-state index is 12.6. The van der Waals surface area contributed by atoms with E-state index in [1.165, 1.54) is 7.11 Å². The molecule has 4 aromatic rings. The molecule has 10 nitrogen and oxygen atoms in total. The minimum atomic E-state index is -0.452. The van der Waals surface area contributed by atoms with Gasteiger partial charge in [-0.25, -0.2) is 15.3 Å². The number of nitrogens with one attached hydrogen (secondary N) is 2. The first-order chi connectivity index (χ1) is 20.8. The number of nitrogens with zero attached hydrogens (tertiary/aromatic N) is 3. The zero-order valence-electron chi connectivity index (χ0n) is 24.7. The van der Waals surface area contributed by atoms with E-state index in [1.54, 1.807) is 30.3 Å². The van der Waals surface area contributed by atoms with Crippen LogP contribution >= 0.6 is 0 Å². The van der Waals surface area contributed by atoms with Gasteiger partial charge >= 0.3 is 5.97 Å². The first-order valence-corrected chi connectivity index (χ1v) is 14.3. The lowest BCUT2D eigenvalue weighted by molar-refractivity contribution is 0.0264. The van der Waals surface area contributed by atoms with Gasteiger partial charge in [-0.15, -0.1) is 0 Å². The third kappa shape index (κ3) is 7.11. The quantitative estimate of drug-likeness (QED) is 0.109. The van der Waals surface area contributed by atoms with Gasteiger partial charge in [-0.05, 0) is 62.4 Å². The summed E-state index contributed by atoms with van der Waals surface area (Å²) in [6.07, 6.45) is 0.837. The lowest BCUT2D eigenvalue weighted by Crippen LogP contribution is -2.44. The number of ether oxygens (including phenoxy) is 1. The average Bonchev–Trinajstić information content (AvgIpc) is 3.34. The summed E-state index contributed by atoms with van der Waals surface area (Å²) in [5, 5.41) is 11.7. The number of aromatic amines is 1. The number of aliphatic imine (C=N–C) groups is 1. The van der Waals surface area contributed by atoms with Gasteiger partial charge in [0.15, 0.2) is 5.88 Å². The molecule has 5 rings (SSSR count). The Morgan fingerprint density at radius 1 is 1.00 bits per heavy atom. The van der Waals surface area contributed by atoms with Gasteiger partial charge in [0.2, 0.25) is 0 Å². The maximum Gasteiger partial charge on any atom is 0.338 e. The number of likely N-dealkylation sites (N-methyl/N-ethyl adjacent to an activating group) is 1. The van der Waals surface area contributed by atoms with Crippen molar-refractivity contribution in [3.8, 4) is 5.88 Å². The number of H-pyrrole nitrogens is 1. The molecule has 1 aliphatic heterocycles. The van der Waals surface area contributed by atoms with Gasteiger partial charge in [-0.1, -0.05) is 30.3 Å². The fraction of sp³-hybridized carbons (Fsp3) is 0.303. The minimum absolute atomic E-state index is 0.0696. The molecule has 3 aromatic carbocycles. The van der Waals surface area contributed by atoms with E-state index >= 15 is 0 Å². The summed E-state index contributed by atoms with van der Waals surface area (Å²) in [5.41, 5.74) is 7.11. The third-order valence-corrected chi connectivity index (χ3v) is 7.66. The number of aromatic nitrogens is 1. The molecule has 0 saturated carbocycles. The third-order valence-electron chi connectivity index (χ3n) is 7.66. The molecule has 2 heterocycles. The zero-order chi connectivity index (χ0) is 30.3. The molecular weight excluding hydrogens is 546 g/mol. The highest BCUT2D eigenvalue weighted by atomic mass is 16.6. The lowest BCUT2D eigenvalue weighted by atomic mass is 9.98. The number of carbonyl (C=O) groups is 2. The van der Waals surface area contributed by atoms with Crippen molar-refractivity contribution in [3.63, 3.8) is 0 Å². The maximum absolute atomic E-state index is 12.6. The average molecular weight is 584 g/mol. The van der Waals surface area contributed by atoms with Gasteiger partial charge in [0.05, 0.1) is 36.2 Å². The zero-order valence-corrected chi connectivity index (χ0v) is 24.7. The summed E-state index contributed by atoms with van der Waals surface area (Å²) in [4.78, 5) is 42.9. The van der Waals surface area contributed by atoms with Crippen LogP contribution in [0.15, 0.2) is 71.7 Å². The first kappa shape index (κ1) is 30.0. The van der Waals surface area contributed by atoms with Crippen molar-refractivity contribution >= 4 is 34.2 Å². The van der Waals surface area contributed by atoms with E-state index in [1.807, 2.05) is 43.3 Å². The van der Waals surface area contributed by atoms with Gasteiger partial charge in [0, 0.05) is 54.8 Å². The number of hydroxylamine groups is 1. The Bertz CT molecular complexity index is 1610. The Hall–Kier alpha value is -4.51. The van der Waals surface area contributed by atoms with Crippen molar-refractivity contribution in [2.75, 3.05) is 53.5 Å². The van der Waals surface area contributed by atoms with Crippen LogP contribution in [0.3, 0.4) is 0 Å². The number of carbonyl (C=O) groups excluding carboxylic acids is 2. The summed E-state index contributed by atoms with van der Waals surface area (Å²) in [5.74, 6) is -0.850. The molecular formula is C33H37N5O5. The molecule has 1 aliphatic rings. The topological polar surface area (TPSA) is 119 Å². The summed E-state index contributed by atoms with van der Waals surface area (Å²) in [7, 11) is 3.47. The standard InChI is InChI=1S/C33H37N5O5/c1-22-20-27-28(21-26(22)33(41)42-3)35-32(40)29(27)30(23-8-5-4-6-9-23)34-25-12-10-24(11-13-25)31(39)36-43-19-7-14-38-17-15-37(2)16-18-38/h4-6,8-13,20-21,35,40H,7,14-19H2,1-3H3,(H,36,39). The second kappa shape index (κ2) is 13.6. The number of aromatic hydroxyl groups is 1. The molecule has 0 radical (unpaired) electrons. The number of methoxy groups -OCH3 is 1. The van der Waals surface area contributed by atoms with Crippen molar-refractivity contribution in [2.24, 2.45) is 4.99 Å². The number of esters is 1. The van der Waals surface area contributed by atoms with E-state index in [0.717, 1.165) is 44.7 Å². The van der Waals surface area contributed by atoms with Crippen LogP contribution in [0.2, 0.25) is 0 Å². The number of piperazine rings is 1. The Labute approximate surface area is 250 Å². The predicted molar refractivity (Wildman–Crippen MR) is 166 cm³/mol. The highest BCUT2D eigenvalue weighted by molar-refractivity contribution is 6.22. The molecule has 1 aromatic heterocycles. The monoisotopic (exact) mass is 583 g/mol. The number of fused-ring (bicyclic) bond motifs is 1. The summed E-state index contributed by atoms with van der Waals surface area (Å²) in [6, 6.07) is 19.9. The summed E-state index contributed by atoms with van der Waals surface area (Å²) in [6.45, 7) is 7.46. The minimum Gasteiger partial charge on any atom is -0.494 e. The smallest absolute Gasteiger partial charge is 0.338 e. The van der Waals surface area contributed by atoms with Crippen LogP contribution in [0.5, 0.6) is 5.88 Å². The van der Waals surface area contributed by atoms with E-state index < -0.39 is 5.97 Å².